The second kappa shape index (κ2) is 9.83. The predicted octanol–water partition coefficient (Wildman–Crippen LogP) is 6.42. The van der Waals surface area contributed by atoms with E-state index in [0.717, 1.165) is 24.3 Å². The fourth-order valence-electron chi connectivity index (χ4n) is 2.70. The Morgan fingerprint density at radius 3 is 2.09 bits per heavy atom. The molecule has 0 saturated heterocycles. The van der Waals surface area contributed by atoms with Gasteiger partial charge in [-0.2, -0.15) is 26.3 Å². The monoisotopic (exact) mass is 498 g/mol. The normalized spacial score (nSPS) is 13.3. The molecule has 12 heteroatoms. The molecule has 2 aromatic carbocycles. The first-order chi connectivity index (χ1) is 14.7. The molecule has 0 saturated carbocycles. The topological polar surface area (TPSA) is 61.7 Å². The minimum atomic E-state index is -4.88. The maximum atomic E-state index is 13.7. The minimum Gasteiger partial charge on any atom is -0.410 e. The van der Waals surface area contributed by atoms with Crippen LogP contribution in [0.5, 0.6) is 0 Å². The van der Waals surface area contributed by atoms with E-state index >= 15 is 0 Å². The molecule has 0 fully saturated rings. The fourth-order valence-corrected chi connectivity index (χ4v) is 3.22. The molecular formula is C20H14Cl2F6N2O2. The van der Waals surface area contributed by atoms with Crippen molar-refractivity contribution < 1.29 is 36.3 Å². The van der Waals surface area contributed by atoms with Gasteiger partial charge in [0.25, 0.3) is 5.91 Å². The number of oxime groups is 1. The number of benzene rings is 2. The zero-order valence-corrected chi connectivity index (χ0v) is 17.6. The van der Waals surface area contributed by atoms with Crippen molar-refractivity contribution in [2.24, 2.45) is 5.16 Å². The van der Waals surface area contributed by atoms with Crippen LogP contribution < -0.4 is 5.32 Å². The van der Waals surface area contributed by atoms with Gasteiger partial charge in [-0.1, -0.05) is 34.4 Å². The number of alkyl halides is 6. The lowest BCUT2D eigenvalue weighted by molar-refractivity contribution is -0.123. The van der Waals surface area contributed by atoms with E-state index < -0.39 is 36.1 Å². The zero-order chi connectivity index (χ0) is 24.3. The van der Waals surface area contributed by atoms with Gasteiger partial charge < -0.3 is 10.5 Å². The molecule has 32 heavy (non-hydrogen) atoms. The highest BCUT2D eigenvalue weighted by Crippen LogP contribution is 2.36. The molecule has 172 valence electrons. The molecule has 0 aromatic heterocycles. The van der Waals surface area contributed by atoms with Gasteiger partial charge in [0.15, 0.2) is 0 Å². The Kier molecular flexibility index (Phi) is 7.84. The summed E-state index contributed by atoms with van der Waals surface area (Å²) in [4.78, 5) is 11.9. The van der Waals surface area contributed by atoms with E-state index in [2.05, 4.69) is 5.16 Å². The zero-order valence-electron chi connectivity index (χ0n) is 16.1. The van der Waals surface area contributed by atoms with Crippen LogP contribution >= 0.6 is 23.2 Å². The quantitative estimate of drug-likeness (QED) is 0.216. The number of hydrogen-bond donors (Lipinski definition) is 2. The van der Waals surface area contributed by atoms with Crippen molar-refractivity contribution in [2.75, 3.05) is 6.54 Å². The van der Waals surface area contributed by atoms with Crippen molar-refractivity contribution in [1.82, 2.24) is 5.32 Å². The molecule has 0 spiro atoms. The number of allylic oxidation sites excluding steroid dienone is 2. The smallest absolute Gasteiger partial charge is 0.410 e. The lowest BCUT2D eigenvalue weighted by Gasteiger charge is -2.14. The summed E-state index contributed by atoms with van der Waals surface area (Å²) in [6, 6.07) is 6.75. The van der Waals surface area contributed by atoms with Crippen molar-refractivity contribution >= 4 is 40.4 Å². The maximum absolute atomic E-state index is 13.7. The molecule has 0 aliphatic rings. The van der Waals surface area contributed by atoms with Crippen molar-refractivity contribution in [1.29, 1.82) is 0 Å². The Labute approximate surface area is 188 Å². The molecule has 0 unspecified atom stereocenters. The first-order valence-electron chi connectivity index (χ1n) is 8.64. The summed E-state index contributed by atoms with van der Waals surface area (Å²) in [6.45, 7) is -0.178. The van der Waals surface area contributed by atoms with Gasteiger partial charge >= 0.3 is 12.4 Å². The summed E-state index contributed by atoms with van der Waals surface area (Å²) in [6.07, 6.45) is -8.93. The largest absolute Gasteiger partial charge is 0.417 e. The molecule has 0 atom stereocenters. The van der Waals surface area contributed by atoms with Gasteiger partial charge in [0, 0.05) is 21.2 Å². The summed E-state index contributed by atoms with van der Waals surface area (Å²) in [5, 5.41) is 13.8. The van der Waals surface area contributed by atoms with Crippen LogP contribution in [0.4, 0.5) is 26.3 Å². The van der Waals surface area contributed by atoms with Gasteiger partial charge in [-0.25, -0.2) is 0 Å². The van der Waals surface area contributed by atoms with E-state index in [0.29, 0.717) is 6.08 Å². The molecular weight excluding hydrogens is 485 g/mol. The second-order valence-corrected chi connectivity index (χ2v) is 7.40. The SMILES string of the molecule is Cc1cc(C(C=C(c2cc(Cl)cc(Cl)c2)C(F)(F)F)=NO)ccc1C(=O)NCC(F)(F)F. The maximum Gasteiger partial charge on any atom is 0.417 e. The number of amides is 1. The summed E-state index contributed by atoms with van der Waals surface area (Å²) in [5.41, 5.74) is -2.10. The molecule has 4 nitrogen and oxygen atoms in total. The Hall–Kier alpha value is -2.72. The van der Waals surface area contributed by atoms with Crippen LogP contribution in [0.15, 0.2) is 47.6 Å². The summed E-state index contributed by atoms with van der Waals surface area (Å²) >= 11 is 11.6. The third-order valence-corrected chi connectivity index (χ3v) is 4.52. The lowest BCUT2D eigenvalue weighted by atomic mass is 9.98. The Morgan fingerprint density at radius 1 is 1.03 bits per heavy atom. The third kappa shape index (κ3) is 6.89. The molecule has 0 bridgehead atoms. The Morgan fingerprint density at radius 2 is 1.62 bits per heavy atom. The molecule has 2 rings (SSSR count). The van der Waals surface area contributed by atoms with Crippen LogP contribution in [-0.2, 0) is 0 Å². The number of carbonyl (C=O) groups is 1. The van der Waals surface area contributed by atoms with Gasteiger partial charge in [0.05, 0.1) is 5.57 Å². The van der Waals surface area contributed by atoms with Gasteiger partial charge in [-0.15, -0.1) is 0 Å². The van der Waals surface area contributed by atoms with E-state index in [4.69, 9.17) is 23.2 Å². The Balaban J connectivity index is 2.45. The molecule has 2 N–H and O–H groups in total. The molecule has 0 aliphatic heterocycles. The van der Waals surface area contributed by atoms with E-state index in [1.165, 1.54) is 19.1 Å². The van der Waals surface area contributed by atoms with Gasteiger partial charge in [0.2, 0.25) is 0 Å². The highest BCUT2D eigenvalue weighted by atomic mass is 35.5. The lowest BCUT2D eigenvalue weighted by Crippen LogP contribution is -2.34. The van der Waals surface area contributed by atoms with Crippen molar-refractivity contribution in [3.63, 3.8) is 0 Å². The molecule has 2 aromatic rings. The number of halogens is 8. The fraction of sp³-hybridized carbons (Fsp3) is 0.200. The first kappa shape index (κ1) is 25.5. The van der Waals surface area contributed by atoms with Gasteiger partial charge in [-0.05, 0) is 54.5 Å². The third-order valence-electron chi connectivity index (χ3n) is 4.08. The van der Waals surface area contributed by atoms with Crippen LogP contribution in [0.2, 0.25) is 10.0 Å². The van der Waals surface area contributed by atoms with Gasteiger partial charge in [-0.3, -0.25) is 4.79 Å². The Bertz CT molecular complexity index is 1060. The van der Waals surface area contributed by atoms with Crippen molar-refractivity contribution in [3.05, 3.63) is 74.8 Å². The van der Waals surface area contributed by atoms with E-state index in [1.54, 1.807) is 5.32 Å². The highest BCUT2D eigenvalue weighted by molar-refractivity contribution is 6.35. The predicted molar refractivity (Wildman–Crippen MR) is 108 cm³/mol. The van der Waals surface area contributed by atoms with E-state index in [-0.39, 0.29) is 32.3 Å². The van der Waals surface area contributed by atoms with E-state index in [1.807, 2.05) is 0 Å². The standard InChI is InChI=1S/C20H14Cl2F6N2O2/c1-10-4-11(2-3-15(10)18(31)29-9-19(23,24)25)17(30-32)8-16(20(26,27)28)12-5-13(21)7-14(22)6-12/h2-8,32H,9H2,1H3,(H,29,31). The van der Waals surface area contributed by atoms with Crippen LogP contribution in [0, 0.1) is 6.92 Å². The number of nitrogens with zero attached hydrogens (tertiary/aromatic N) is 1. The number of carbonyl (C=O) groups excluding carboxylic acids is 1. The minimum absolute atomic E-state index is 0.0211. The van der Waals surface area contributed by atoms with Crippen LogP contribution in [0.25, 0.3) is 5.57 Å². The molecule has 0 aliphatic carbocycles. The molecule has 0 radical (unpaired) electrons. The number of nitrogens with one attached hydrogen (secondary N) is 1. The summed E-state index contributed by atoms with van der Waals surface area (Å²) in [7, 11) is 0. The van der Waals surface area contributed by atoms with Gasteiger partial charge in [0.1, 0.15) is 12.3 Å². The number of hydrogen-bond acceptors (Lipinski definition) is 3. The summed E-state index contributed by atoms with van der Waals surface area (Å²) < 4.78 is 77.9. The first-order valence-corrected chi connectivity index (χ1v) is 9.40. The highest BCUT2D eigenvalue weighted by Gasteiger charge is 2.35. The summed E-state index contributed by atoms with van der Waals surface area (Å²) in [5.74, 6) is -1.02. The second-order valence-electron chi connectivity index (χ2n) is 6.53. The molecule has 1 amide bonds. The number of aryl methyl sites for hydroxylation is 1. The molecule has 0 heterocycles. The number of rotatable bonds is 5. The van der Waals surface area contributed by atoms with Crippen molar-refractivity contribution in [2.45, 2.75) is 19.3 Å². The average molecular weight is 499 g/mol. The average Bonchev–Trinajstić information content (AvgIpc) is 2.64. The van der Waals surface area contributed by atoms with E-state index in [9.17, 15) is 36.3 Å². The van der Waals surface area contributed by atoms with Crippen LogP contribution in [-0.4, -0.2) is 35.7 Å². The van der Waals surface area contributed by atoms with Crippen LogP contribution in [0.3, 0.4) is 0 Å². The van der Waals surface area contributed by atoms with Crippen molar-refractivity contribution in [3.8, 4) is 0 Å². The van der Waals surface area contributed by atoms with Crippen LogP contribution in [0.1, 0.15) is 27.0 Å².